The van der Waals surface area contributed by atoms with Crippen molar-refractivity contribution in [2.75, 3.05) is 11.9 Å². The lowest BCUT2D eigenvalue weighted by Crippen LogP contribution is -2.25. The Labute approximate surface area is 177 Å². The Balaban J connectivity index is 1.54. The first-order valence-electron chi connectivity index (χ1n) is 10.0. The van der Waals surface area contributed by atoms with Crippen molar-refractivity contribution in [2.45, 2.75) is 32.6 Å². The largest absolute Gasteiger partial charge is 0.352 e. The average Bonchev–Trinajstić information content (AvgIpc) is 2.74. The topological polar surface area (TPSA) is 71.1 Å². The van der Waals surface area contributed by atoms with E-state index in [-0.39, 0.29) is 17.2 Å². The van der Waals surface area contributed by atoms with Crippen LogP contribution in [0, 0.1) is 0 Å². The van der Waals surface area contributed by atoms with Crippen molar-refractivity contribution < 1.29 is 9.59 Å². The number of nitrogens with zero attached hydrogens (tertiary/aromatic N) is 1. The van der Waals surface area contributed by atoms with E-state index in [0.717, 1.165) is 6.42 Å². The Morgan fingerprint density at radius 1 is 0.900 bits per heavy atom. The summed E-state index contributed by atoms with van der Waals surface area (Å²) in [6, 6.07) is 18.8. The van der Waals surface area contributed by atoms with Gasteiger partial charge in [0.2, 0.25) is 0 Å². The maximum absolute atomic E-state index is 12.5. The monoisotopic (exact) mass is 401 g/mol. The second-order valence-corrected chi connectivity index (χ2v) is 8.23. The van der Waals surface area contributed by atoms with Crippen LogP contribution in [0.1, 0.15) is 52.6 Å². The molecular weight excluding hydrogens is 374 g/mol. The maximum atomic E-state index is 12.5. The van der Waals surface area contributed by atoms with Crippen molar-refractivity contribution in [1.82, 2.24) is 10.3 Å². The summed E-state index contributed by atoms with van der Waals surface area (Å²) in [7, 11) is 0. The molecule has 0 saturated carbocycles. The van der Waals surface area contributed by atoms with E-state index in [1.165, 1.54) is 17.3 Å². The fourth-order valence-electron chi connectivity index (χ4n) is 3.03. The Morgan fingerprint density at radius 2 is 1.63 bits per heavy atom. The lowest BCUT2D eigenvalue weighted by molar-refractivity contribution is 0.0952. The number of nitrogens with one attached hydrogen (secondary N) is 2. The van der Waals surface area contributed by atoms with Gasteiger partial charge in [-0.15, -0.1) is 0 Å². The summed E-state index contributed by atoms with van der Waals surface area (Å²) in [5.74, 6) is -0.432. The summed E-state index contributed by atoms with van der Waals surface area (Å²) in [6.07, 6.45) is 3.87. The van der Waals surface area contributed by atoms with E-state index in [1.54, 1.807) is 42.6 Å². The van der Waals surface area contributed by atoms with Gasteiger partial charge in [0.05, 0.1) is 5.56 Å². The van der Waals surface area contributed by atoms with Gasteiger partial charge in [0, 0.05) is 30.2 Å². The van der Waals surface area contributed by atoms with Crippen molar-refractivity contribution in [3.63, 3.8) is 0 Å². The van der Waals surface area contributed by atoms with E-state index in [0.29, 0.717) is 23.4 Å². The molecule has 2 N–H and O–H groups in total. The molecule has 30 heavy (non-hydrogen) atoms. The standard InChI is InChI=1S/C25H27N3O2/c1-25(2,3)21-11-9-18(10-12-21)13-15-27-23(29)19-6-4-8-22(16-19)28-24(30)20-7-5-14-26-17-20/h4-12,14,16-17H,13,15H2,1-3H3,(H,27,29)(H,28,30). The third-order valence-electron chi connectivity index (χ3n) is 4.83. The quantitative estimate of drug-likeness (QED) is 0.634. The van der Waals surface area contributed by atoms with Gasteiger partial charge in [-0.3, -0.25) is 14.6 Å². The highest BCUT2D eigenvalue weighted by molar-refractivity contribution is 6.04. The Hall–Kier alpha value is -3.47. The molecule has 154 valence electrons. The third-order valence-corrected chi connectivity index (χ3v) is 4.83. The summed E-state index contributed by atoms with van der Waals surface area (Å²) in [5.41, 5.74) is 4.13. The second-order valence-electron chi connectivity index (χ2n) is 8.23. The summed E-state index contributed by atoms with van der Waals surface area (Å²) >= 11 is 0. The van der Waals surface area contributed by atoms with Gasteiger partial charge in [0.25, 0.3) is 11.8 Å². The number of hydrogen-bond acceptors (Lipinski definition) is 3. The average molecular weight is 402 g/mol. The Kier molecular flexibility index (Phi) is 6.62. The van der Waals surface area contributed by atoms with Crippen LogP contribution >= 0.6 is 0 Å². The van der Waals surface area contributed by atoms with E-state index in [9.17, 15) is 9.59 Å². The molecule has 5 nitrogen and oxygen atoms in total. The number of benzene rings is 2. The lowest BCUT2D eigenvalue weighted by atomic mass is 9.86. The molecule has 2 aromatic carbocycles. The zero-order valence-corrected chi connectivity index (χ0v) is 17.6. The fourth-order valence-corrected chi connectivity index (χ4v) is 3.03. The van der Waals surface area contributed by atoms with E-state index in [2.05, 4.69) is 60.7 Å². The Bertz CT molecular complexity index is 1010. The minimum Gasteiger partial charge on any atom is -0.352 e. The minimum absolute atomic E-state index is 0.129. The summed E-state index contributed by atoms with van der Waals surface area (Å²) in [6.45, 7) is 7.11. The summed E-state index contributed by atoms with van der Waals surface area (Å²) < 4.78 is 0. The zero-order valence-electron chi connectivity index (χ0n) is 17.6. The first-order valence-corrected chi connectivity index (χ1v) is 10.0. The fraction of sp³-hybridized carbons (Fsp3) is 0.240. The van der Waals surface area contributed by atoms with Crippen LogP contribution in [0.25, 0.3) is 0 Å². The van der Waals surface area contributed by atoms with Gasteiger partial charge in [0.1, 0.15) is 0 Å². The molecule has 0 aliphatic carbocycles. The molecule has 2 amide bonds. The minimum atomic E-state index is -0.264. The van der Waals surface area contributed by atoms with Gasteiger partial charge in [-0.2, -0.15) is 0 Å². The molecule has 0 aliphatic heterocycles. The number of hydrogen-bond donors (Lipinski definition) is 2. The molecule has 0 atom stereocenters. The molecule has 0 radical (unpaired) electrons. The van der Waals surface area contributed by atoms with E-state index in [4.69, 9.17) is 0 Å². The normalized spacial score (nSPS) is 11.0. The van der Waals surface area contributed by atoms with Gasteiger partial charge >= 0.3 is 0 Å². The first-order chi connectivity index (χ1) is 14.3. The van der Waals surface area contributed by atoms with Gasteiger partial charge in [-0.1, -0.05) is 51.1 Å². The van der Waals surface area contributed by atoms with Crippen LogP contribution in [0.3, 0.4) is 0 Å². The number of anilines is 1. The number of carbonyl (C=O) groups is 2. The number of aromatic nitrogens is 1. The smallest absolute Gasteiger partial charge is 0.257 e. The van der Waals surface area contributed by atoms with E-state index >= 15 is 0 Å². The highest BCUT2D eigenvalue weighted by Gasteiger charge is 2.13. The highest BCUT2D eigenvalue weighted by atomic mass is 16.2. The number of carbonyl (C=O) groups excluding carboxylic acids is 2. The molecule has 3 rings (SSSR count). The molecule has 0 aliphatic rings. The van der Waals surface area contributed by atoms with Crippen LogP contribution in [-0.2, 0) is 11.8 Å². The van der Waals surface area contributed by atoms with Crippen molar-refractivity contribution >= 4 is 17.5 Å². The first kappa shape index (κ1) is 21.2. The molecule has 0 unspecified atom stereocenters. The number of pyridine rings is 1. The summed E-state index contributed by atoms with van der Waals surface area (Å²) in [5, 5.41) is 5.74. The van der Waals surface area contributed by atoms with Crippen LogP contribution in [0.2, 0.25) is 0 Å². The highest BCUT2D eigenvalue weighted by Crippen LogP contribution is 2.22. The van der Waals surface area contributed by atoms with Gasteiger partial charge < -0.3 is 10.6 Å². The lowest BCUT2D eigenvalue weighted by Gasteiger charge is -2.19. The molecule has 0 spiro atoms. The molecule has 5 heteroatoms. The van der Waals surface area contributed by atoms with Crippen LogP contribution in [0.15, 0.2) is 73.1 Å². The second kappa shape index (κ2) is 9.35. The van der Waals surface area contributed by atoms with E-state index in [1.807, 2.05) is 0 Å². The molecule has 0 bridgehead atoms. The van der Waals surface area contributed by atoms with Crippen molar-refractivity contribution in [2.24, 2.45) is 0 Å². The third kappa shape index (κ3) is 5.77. The van der Waals surface area contributed by atoms with Crippen LogP contribution in [0.4, 0.5) is 5.69 Å². The van der Waals surface area contributed by atoms with Gasteiger partial charge in [0.15, 0.2) is 0 Å². The maximum Gasteiger partial charge on any atom is 0.257 e. The SMILES string of the molecule is CC(C)(C)c1ccc(CCNC(=O)c2cccc(NC(=O)c3cccnc3)c2)cc1. The van der Waals surface area contributed by atoms with Gasteiger partial charge in [-0.25, -0.2) is 0 Å². The molecule has 3 aromatic rings. The van der Waals surface area contributed by atoms with Crippen molar-refractivity contribution in [3.8, 4) is 0 Å². The predicted molar refractivity (Wildman–Crippen MR) is 120 cm³/mol. The zero-order chi connectivity index (χ0) is 21.6. The number of rotatable bonds is 6. The predicted octanol–water partition coefficient (Wildman–Crippen LogP) is 4.60. The van der Waals surface area contributed by atoms with Crippen molar-refractivity contribution in [3.05, 3.63) is 95.3 Å². The molecule has 0 saturated heterocycles. The molecule has 1 heterocycles. The van der Waals surface area contributed by atoms with Crippen LogP contribution in [0.5, 0.6) is 0 Å². The van der Waals surface area contributed by atoms with Gasteiger partial charge in [-0.05, 0) is 53.3 Å². The summed E-state index contributed by atoms with van der Waals surface area (Å²) in [4.78, 5) is 28.7. The van der Waals surface area contributed by atoms with Crippen LogP contribution < -0.4 is 10.6 Å². The number of amides is 2. The molecule has 1 aromatic heterocycles. The van der Waals surface area contributed by atoms with Crippen LogP contribution in [-0.4, -0.2) is 23.3 Å². The Morgan fingerprint density at radius 3 is 2.30 bits per heavy atom. The molecular formula is C25H27N3O2. The van der Waals surface area contributed by atoms with E-state index < -0.39 is 0 Å². The van der Waals surface area contributed by atoms with Crippen molar-refractivity contribution in [1.29, 1.82) is 0 Å². The molecule has 0 fully saturated rings.